The molecule has 0 atom stereocenters. The number of imide groups is 1. The van der Waals surface area contributed by atoms with E-state index >= 15 is 0 Å². The number of rotatable bonds is 5. The molecule has 5 nitrogen and oxygen atoms in total. The van der Waals surface area contributed by atoms with Crippen LogP contribution in [0.15, 0.2) is 41.3 Å². The van der Waals surface area contributed by atoms with E-state index in [1.54, 1.807) is 36.4 Å². The van der Waals surface area contributed by atoms with Crippen molar-refractivity contribution in [2.24, 2.45) is 0 Å². The number of methoxy groups -OCH3 is 1. The molecule has 1 saturated heterocycles. The van der Waals surface area contributed by atoms with Crippen molar-refractivity contribution in [2.45, 2.75) is 6.61 Å². The quantitative estimate of drug-likeness (QED) is 0.670. The van der Waals surface area contributed by atoms with Crippen LogP contribution in [0.2, 0.25) is 5.02 Å². The van der Waals surface area contributed by atoms with Gasteiger partial charge in [-0.1, -0.05) is 29.8 Å². The number of thioether (sulfide) groups is 1. The Bertz CT molecular complexity index is 947. The second-order valence-electron chi connectivity index (χ2n) is 5.65. The molecule has 0 unspecified atom stereocenters. The van der Waals surface area contributed by atoms with Gasteiger partial charge in [-0.2, -0.15) is 0 Å². The molecule has 0 radical (unpaired) electrons. The summed E-state index contributed by atoms with van der Waals surface area (Å²) in [5.41, 5.74) is 0.963. The summed E-state index contributed by atoms with van der Waals surface area (Å²) in [4.78, 5) is 24.9. The Labute approximate surface area is 164 Å². The standard InChI is InChI=1S/C19H15ClFNO4S/c1-22-18(23)16(27-19(22)24)9-11-7-13(20)17(15(8-11)25-2)26-10-12-5-3-4-6-14(12)21/h3-9H,10H2,1-2H3/b16-9-. The molecular formula is C19H15ClFNO4S. The predicted molar refractivity (Wildman–Crippen MR) is 102 cm³/mol. The Morgan fingerprint density at radius 3 is 2.63 bits per heavy atom. The van der Waals surface area contributed by atoms with E-state index < -0.39 is 0 Å². The maximum absolute atomic E-state index is 13.7. The number of carbonyl (C=O) groups is 2. The van der Waals surface area contributed by atoms with Gasteiger partial charge in [-0.05, 0) is 41.6 Å². The topological polar surface area (TPSA) is 55.8 Å². The minimum absolute atomic E-state index is 0.0170. The summed E-state index contributed by atoms with van der Waals surface area (Å²) >= 11 is 7.15. The Hall–Kier alpha value is -2.51. The van der Waals surface area contributed by atoms with Crippen LogP contribution in [0.25, 0.3) is 6.08 Å². The summed E-state index contributed by atoms with van der Waals surface area (Å²) in [7, 11) is 2.87. The zero-order valence-corrected chi connectivity index (χ0v) is 16.1. The van der Waals surface area contributed by atoms with E-state index in [2.05, 4.69) is 0 Å². The Morgan fingerprint density at radius 1 is 1.26 bits per heavy atom. The van der Waals surface area contributed by atoms with Crippen LogP contribution in [-0.2, 0) is 11.4 Å². The first-order valence-corrected chi connectivity index (χ1v) is 9.05. The summed E-state index contributed by atoms with van der Waals surface area (Å²) in [6, 6.07) is 9.49. The Balaban J connectivity index is 1.87. The molecule has 1 heterocycles. The van der Waals surface area contributed by atoms with Gasteiger partial charge in [0.05, 0.1) is 17.0 Å². The van der Waals surface area contributed by atoms with Crippen molar-refractivity contribution in [3.05, 3.63) is 63.3 Å². The molecule has 140 valence electrons. The lowest BCUT2D eigenvalue weighted by atomic mass is 10.1. The second kappa shape index (κ2) is 8.02. The number of hydrogen-bond acceptors (Lipinski definition) is 5. The van der Waals surface area contributed by atoms with Crippen molar-refractivity contribution >= 4 is 40.6 Å². The molecule has 3 rings (SSSR count). The first kappa shape index (κ1) is 19.3. The SMILES string of the molecule is COc1cc(/C=C2\SC(=O)N(C)C2=O)cc(Cl)c1OCc1ccccc1F. The molecule has 1 aliphatic rings. The smallest absolute Gasteiger partial charge is 0.293 e. The predicted octanol–water partition coefficient (Wildman–Crippen LogP) is 4.73. The summed E-state index contributed by atoms with van der Waals surface area (Å²) in [6.07, 6.45) is 1.56. The largest absolute Gasteiger partial charge is 0.493 e. The highest BCUT2D eigenvalue weighted by Crippen LogP contribution is 2.39. The van der Waals surface area contributed by atoms with Gasteiger partial charge in [0.15, 0.2) is 11.5 Å². The number of benzene rings is 2. The average molecular weight is 408 g/mol. The van der Waals surface area contributed by atoms with Crippen molar-refractivity contribution in [3.63, 3.8) is 0 Å². The molecule has 1 fully saturated rings. The van der Waals surface area contributed by atoms with Crippen molar-refractivity contribution in [1.82, 2.24) is 4.90 Å². The highest BCUT2D eigenvalue weighted by molar-refractivity contribution is 8.18. The third-order valence-electron chi connectivity index (χ3n) is 3.87. The molecule has 0 N–H and O–H groups in total. The van der Waals surface area contributed by atoms with Gasteiger partial charge in [0.2, 0.25) is 0 Å². The van der Waals surface area contributed by atoms with E-state index in [1.165, 1.54) is 20.2 Å². The lowest BCUT2D eigenvalue weighted by Crippen LogP contribution is -2.22. The molecule has 0 aliphatic carbocycles. The molecule has 0 bridgehead atoms. The minimum Gasteiger partial charge on any atom is -0.493 e. The van der Waals surface area contributed by atoms with Gasteiger partial charge >= 0.3 is 0 Å². The van der Waals surface area contributed by atoms with Crippen molar-refractivity contribution in [1.29, 1.82) is 0 Å². The fraction of sp³-hybridized carbons (Fsp3) is 0.158. The third kappa shape index (κ3) is 4.09. The molecule has 2 aromatic carbocycles. The first-order chi connectivity index (χ1) is 12.9. The summed E-state index contributed by atoms with van der Waals surface area (Å²) in [5.74, 6) is -0.150. The summed E-state index contributed by atoms with van der Waals surface area (Å²) in [5, 5.41) is -0.0955. The summed E-state index contributed by atoms with van der Waals surface area (Å²) in [6.45, 7) is -0.0170. The maximum Gasteiger partial charge on any atom is 0.293 e. The number of carbonyl (C=O) groups excluding carboxylic acids is 2. The third-order valence-corrected chi connectivity index (χ3v) is 5.11. The molecule has 2 amide bonds. The number of halogens is 2. The lowest BCUT2D eigenvalue weighted by molar-refractivity contribution is -0.121. The number of hydrogen-bond donors (Lipinski definition) is 0. The molecule has 27 heavy (non-hydrogen) atoms. The van der Waals surface area contributed by atoms with Crippen LogP contribution in [0.5, 0.6) is 11.5 Å². The highest BCUT2D eigenvalue weighted by Gasteiger charge is 2.31. The van der Waals surface area contributed by atoms with Crippen LogP contribution in [0.3, 0.4) is 0 Å². The van der Waals surface area contributed by atoms with Gasteiger partial charge in [0.25, 0.3) is 11.1 Å². The zero-order valence-electron chi connectivity index (χ0n) is 14.5. The first-order valence-electron chi connectivity index (χ1n) is 7.86. The maximum atomic E-state index is 13.7. The van der Waals surface area contributed by atoms with Crippen LogP contribution >= 0.6 is 23.4 Å². The Kier molecular flexibility index (Phi) is 5.72. The van der Waals surface area contributed by atoms with Gasteiger partial charge in [-0.25, -0.2) is 4.39 Å². The number of nitrogens with zero attached hydrogens (tertiary/aromatic N) is 1. The molecule has 1 aliphatic heterocycles. The van der Waals surface area contributed by atoms with Gasteiger partial charge in [0, 0.05) is 12.6 Å². The molecule has 0 aromatic heterocycles. The molecule has 0 saturated carbocycles. The summed E-state index contributed by atoms with van der Waals surface area (Å²) < 4.78 is 24.7. The van der Waals surface area contributed by atoms with E-state index in [-0.39, 0.29) is 34.3 Å². The molecule has 2 aromatic rings. The fourth-order valence-electron chi connectivity index (χ4n) is 2.43. The van der Waals surface area contributed by atoms with E-state index in [1.807, 2.05) is 0 Å². The highest BCUT2D eigenvalue weighted by atomic mass is 35.5. The van der Waals surface area contributed by atoms with Crippen LogP contribution < -0.4 is 9.47 Å². The van der Waals surface area contributed by atoms with Gasteiger partial charge < -0.3 is 9.47 Å². The monoisotopic (exact) mass is 407 g/mol. The van der Waals surface area contributed by atoms with E-state index in [4.69, 9.17) is 21.1 Å². The van der Waals surface area contributed by atoms with Crippen molar-refractivity contribution < 1.29 is 23.5 Å². The molecule has 8 heteroatoms. The molecule has 0 spiro atoms. The van der Waals surface area contributed by atoms with Crippen molar-refractivity contribution in [3.8, 4) is 11.5 Å². The van der Waals surface area contributed by atoms with E-state index in [9.17, 15) is 14.0 Å². The van der Waals surface area contributed by atoms with Gasteiger partial charge in [-0.3, -0.25) is 14.5 Å². The van der Waals surface area contributed by atoms with Crippen LogP contribution in [0.1, 0.15) is 11.1 Å². The van der Waals surface area contributed by atoms with Crippen molar-refractivity contribution in [2.75, 3.05) is 14.2 Å². The lowest BCUT2D eigenvalue weighted by Gasteiger charge is -2.14. The number of ether oxygens (including phenoxy) is 2. The minimum atomic E-state index is -0.375. The number of amides is 2. The Morgan fingerprint density at radius 2 is 2.00 bits per heavy atom. The van der Waals surface area contributed by atoms with Gasteiger partial charge in [-0.15, -0.1) is 0 Å². The van der Waals surface area contributed by atoms with E-state index in [0.717, 1.165) is 16.7 Å². The van der Waals surface area contributed by atoms with Crippen LogP contribution in [-0.4, -0.2) is 30.2 Å². The van der Waals surface area contributed by atoms with Gasteiger partial charge in [0.1, 0.15) is 12.4 Å². The average Bonchev–Trinajstić information content (AvgIpc) is 2.88. The fourth-order valence-corrected chi connectivity index (χ4v) is 3.53. The number of likely N-dealkylation sites (N-methyl/N-ethyl adjacent to an activating group) is 1. The zero-order chi connectivity index (χ0) is 19.6. The second-order valence-corrected chi connectivity index (χ2v) is 7.06. The normalized spacial score (nSPS) is 15.6. The van der Waals surface area contributed by atoms with E-state index in [0.29, 0.717) is 21.8 Å². The van der Waals surface area contributed by atoms with Crippen LogP contribution in [0.4, 0.5) is 9.18 Å². The molecular weight excluding hydrogens is 393 g/mol. The van der Waals surface area contributed by atoms with Crippen LogP contribution in [0, 0.1) is 5.82 Å².